The summed E-state index contributed by atoms with van der Waals surface area (Å²) in [6.07, 6.45) is 3.50. The van der Waals surface area contributed by atoms with E-state index in [1.807, 2.05) is 13.0 Å². The molecule has 126 valence electrons. The number of carbonyl (C=O) groups is 1. The first kappa shape index (κ1) is 16.4. The molecule has 5 heteroatoms. The summed E-state index contributed by atoms with van der Waals surface area (Å²) < 4.78 is 24.8. The van der Waals surface area contributed by atoms with Crippen molar-refractivity contribution in [3.05, 3.63) is 47.4 Å². The molecule has 0 spiro atoms. The molecule has 1 aliphatic rings. The number of aromatic nitrogens is 1. The monoisotopic (exact) mass is 329 g/mol. The predicted octanol–water partition coefficient (Wildman–Crippen LogP) is 4.34. The number of esters is 1. The molecule has 2 aromatic rings. The Morgan fingerprint density at radius 1 is 1.25 bits per heavy atom. The number of halogens is 1. The number of ether oxygens (including phenoxy) is 2. The van der Waals surface area contributed by atoms with E-state index in [0.29, 0.717) is 41.7 Å². The van der Waals surface area contributed by atoms with Gasteiger partial charge in [0, 0.05) is 17.8 Å². The summed E-state index contributed by atoms with van der Waals surface area (Å²) in [7, 11) is 0. The molecule has 4 nitrogen and oxygen atoms in total. The first-order valence-corrected chi connectivity index (χ1v) is 8.23. The molecule has 1 saturated carbocycles. The molecule has 1 fully saturated rings. The SMILES string of the molecule is CCOC(=O)c1ccc(-c2cc(C3CC3)c(F)cc2OCC)nc1. The van der Waals surface area contributed by atoms with E-state index < -0.39 is 5.97 Å². The molecule has 0 aliphatic heterocycles. The van der Waals surface area contributed by atoms with Crippen molar-refractivity contribution < 1.29 is 18.7 Å². The van der Waals surface area contributed by atoms with Crippen molar-refractivity contribution in [3.63, 3.8) is 0 Å². The van der Waals surface area contributed by atoms with Crippen LogP contribution in [0.2, 0.25) is 0 Å². The number of nitrogens with zero attached hydrogens (tertiary/aromatic N) is 1. The minimum absolute atomic E-state index is 0.229. The molecule has 0 atom stereocenters. The van der Waals surface area contributed by atoms with Gasteiger partial charge in [-0.1, -0.05) is 0 Å². The third-order valence-corrected chi connectivity index (χ3v) is 3.97. The zero-order valence-corrected chi connectivity index (χ0v) is 13.8. The van der Waals surface area contributed by atoms with Gasteiger partial charge in [0.05, 0.1) is 24.5 Å². The smallest absolute Gasteiger partial charge is 0.339 e. The second-order valence-electron chi connectivity index (χ2n) is 5.73. The molecular weight excluding hydrogens is 309 g/mol. The zero-order valence-electron chi connectivity index (χ0n) is 13.8. The largest absolute Gasteiger partial charge is 0.493 e. The first-order chi connectivity index (χ1) is 11.6. The highest BCUT2D eigenvalue weighted by Crippen LogP contribution is 2.44. The topological polar surface area (TPSA) is 48.4 Å². The van der Waals surface area contributed by atoms with Gasteiger partial charge in [-0.15, -0.1) is 0 Å². The number of rotatable bonds is 6. The van der Waals surface area contributed by atoms with Gasteiger partial charge in [0.15, 0.2) is 0 Å². The summed E-state index contributed by atoms with van der Waals surface area (Å²) >= 11 is 0. The molecule has 0 unspecified atom stereocenters. The Bertz CT molecular complexity index is 739. The van der Waals surface area contributed by atoms with Gasteiger partial charge in [-0.2, -0.15) is 0 Å². The summed E-state index contributed by atoms with van der Waals surface area (Å²) in [5.41, 5.74) is 2.50. The molecule has 0 amide bonds. The van der Waals surface area contributed by atoms with Crippen LogP contribution in [0.1, 0.15) is 48.5 Å². The van der Waals surface area contributed by atoms with Crippen molar-refractivity contribution >= 4 is 5.97 Å². The highest BCUT2D eigenvalue weighted by Gasteiger charge is 2.28. The Hall–Kier alpha value is -2.43. The van der Waals surface area contributed by atoms with Gasteiger partial charge in [-0.3, -0.25) is 4.98 Å². The van der Waals surface area contributed by atoms with Crippen LogP contribution in [0.25, 0.3) is 11.3 Å². The molecule has 0 saturated heterocycles. The van der Waals surface area contributed by atoms with Gasteiger partial charge in [0.2, 0.25) is 0 Å². The van der Waals surface area contributed by atoms with E-state index in [2.05, 4.69) is 4.98 Å². The van der Waals surface area contributed by atoms with Crippen molar-refractivity contribution in [2.75, 3.05) is 13.2 Å². The fourth-order valence-corrected chi connectivity index (χ4v) is 2.64. The van der Waals surface area contributed by atoms with Gasteiger partial charge in [-0.05, 0) is 56.4 Å². The van der Waals surface area contributed by atoms with Gasteiger partial charge >= 0.3 is 5.97 Å². The quantitative estimate of drug-likeness (QED) is 0.740. The van der Waals surface area contributed by atoms with E-state index in [-0.39, 0.29) is 5.82 Å². The summed E-state index contributed by atoms with van der Waals surface area (Å²) in [6, 6.07) is 6.66. The van der Waals surface area contributed by atoms with Crippen LogP contribution in [0, 0.1) is 5.82 Å². The Morgan fingerprint density at radius 2 is 2.04 bits per heavy atom. The highest BCUT2D eigenvalue weighted by molar-refractivity contribution is 5.89. The fourth-order valence-electron chi connectivity index (χ4n) is 2.64. The highest BCUT2D eigenvalue weighted by atomic mass is 19.1. The molecule has 3 rings (SSSR count). The minimum Gasteiger partial charge on any atom is -0.493 e. The Labute approximate surface area is 140 Å². The average molecular weight is 329 g/mol. The lowest BCUT2D eigenvalue weighted by atomic mass is 10.0. The van der Waals surface area contributed by atoms with E-state index in [4.69, 9.17) is 9.47 Å². The van der Waals surface area contributed by atoms with E-state index in [1.54, 1.807) is 19.1 Å². The zero-order chi connectivity index (χ0) is 17.1. The third-order valence-electron chi connectivity index (χ3n) is 3.97. The molecule has 0 radical (unpaired) electrons. The summed E-state index contributed by atoms with van der Waals surface area (Å²) in [5.74, 6) is 0.126. The van der Waals surface area contributed by atoms with Crippen molar-refractivity contribution in [3.8, 4) is 17.0 Å². The van der Waals surface area contributed by atoms with Crippen LogP contribution < -0.4 is 4.74 Å². The van der Waals surface area contributed by atoms with Crippen LogP contribution in [0.5, 0.6) is 5.75 Å². The minimum atomic E-state index is -0.403. The summed E-state index contributed by atoms with van der Waals surface area (Å²) in [4.78, 5) is 16.1. The molecule has 1 aromatic carbocycles. The Balaban J connectivity index is 1.97. The maximum absolute atomic E-state index is 14.3. The summed E-state index contributed by atoms with van der Waals surface area (Å²) in [6.45, 7) is 4.37. The van der Waals surface area contributed by atoms with E-state index in [1.165, 1.54) is 12.3 Å². The van der Waals surface area contributed by atoms with Crippen LogP contribution >= 0.6 is 0 Å². The third kappa shape index (κ3) is 3.40. The molecule has 24 heavy (non-hydrogen) atoms. The van der Waals surface area contributed by atoms with Crippen LogP contribution in [0.4, 0.5) is 4.39 Å². The van der Waals surface area contributed by atoms with Crippen molar-refractivity contribution in [2.24, 2.45) is 0 Å². The maximum Gasteiger partial charge on any atom is 0.339 e. The molecule has 1 heterocycles. The molecule has 1 aromatic heterocycles. The molecule has 1 aliphatic carbocycles. The van der Waals surface area contributed by atoms with Crippen LogP contribution in [-0.4, -0.2) is 24.2 Å². The van der Waals surface area contributed by atoms with E-state index in [9.17, 15) is 9.18 Å². The Kier molecular flexibility index (Phi) is 4.79. The lowest BCUT2D eigenvalue weighted by molar-refractivity contribution is 0.0526. The number of hydrogen-bond acceptors (Lipinski definition) is 4. The van der Waals surface area contributed by atoms with Crippen molar-refractivity contribution in [1.29, 1.82) is 0 Å². The van der Waals surface area contributed by atoms with E-state index in [0.717, 1.165) is 18.4 Å². The normalized spacial score (nSPS) is 13.6. The van der Waals surface area contributed by atoms with Crippen molar-refractivity contribution in [2.45, 2.75) is 32.6 Å². The fraction of sp³-hybridized carbons (Fsp3) is 0.368. The number of benzene rings is 1. The summed E-state index contributed by atoms with van der Waals surface area (Å²) in [5, 5.41) is 0. The predicted molar refractivity (Wildman–Crippen MR) is 88.7 cm³/mol. The number of carbonyl (C=O) groups excluding carboxylic acids is 1. The second kappa shape index (κ2) is 6.99. The Morgan fingerprint density at radius 3 is 2.62 bits per heavy atom. The van der Waals surface area contributed by atoms with Gasteiger partial charge in [0.25, 0.3) is 0 Å². The van der Waals surface area contributed by atoms with Crippen LogP contribution in [-0.2, 0) is 4.74 Å². The lowest BCUT2D eigenvalue weighted by Gasteiger charge is -2.13. The number of hydrogen-bond donors (Lipinski definition) is 0. The maximum atomic E-state index is 14.3. The number of pyridine rings is 1. The van der Waals surface area contributed by atoms with Gasteiger partial charge in [0.1, 0.15) is 11.6 Å². The van der Waals surface area contributed by atoms with E-state index >= 15 is 0 Å². The molecular formula is C19H20FNO3. The molecule has 0 bridgehead atoms. The standard InChI is InChI=1S/C19H20FNO3/c1-3-23-18-10-16(20)14(12-5-6-12)9-15(18)17-8-7-13(11-21-17)19(22)24-4-2/h7-12H,3-6H2,1-2H3. The van der Waals surface area contributed by atoms with Gasteiger partial charge in [-0.25, -0.2) is 9.18 Å². The van der Waals surface area contributed by atoms with Gasteiger partial charge < -0.3 is 9.47 Å². The second-order valence-corrected chi connectivity index (χ2v) is 5.73. The van der Waals surface area contributed by atoms with Crippen molar-refractivity contribution in [1.82, 2.24) is 4.98 Å². The average Bonchev–Trinajstić information content (AvgIpc) is 3.41. The van der Waals surface area contributed by atoms with Crippen LogP contribution in [0.3, 0.4) is 0 Å². The van der Waals surface area contributed by atoms with Crippen LogP contribution in [0.15, 0.2) is 30.5 Å². The first-order valence-electron chi connectivity index (χ1n) is 8.23. The lowest BCUT2D eigenvalue weighted by Crippen LogP contribution is -2.05. The molecule has 0 N–H and O–H groups in total.